The summed E-state index contributed by atoms with van der Waals surface area (Å²) >= 11 is 0. The summed E-state index contributed by atoms with van der Waals surface area (Å²) in [5, 5.41) is 0. The number of aryl methyl sites for hydroxylation is 2. The molecule has 32 heavy (non-hydrogen) atoms. The molecule has 0 amide bonds. The quantitative estimate of drug-likeness (QED) is 0.292. The minimum absolute atomic E-state index is 0.0905. The first kappa shape index (κ1) is 21.9. The summed E-state index contributed by atoms with van der Waals surface area (Å²) in [6, 6.07) is 25.5. The Morgan fingerprint density at radius 2 is 1.25 bits per heavy atom. The summed E-state index contributed by atoms with van der Waals surface area (Å²) < 4.78 is 16.9. The first-order valence-electron chi connectivity index (χ1n) is 11.5. The van der Waals surface area contributed by atoms with Crippen LogP contribution in [0.3, 0.4) is 0 Å². The van der Waals surface area contributed by atoms with Crippen LogP contribution in [0.15, 0.2) is 78.9 Å². The Balaban J connectivity index is 1.20. The number of carbonyl (C=O) groups excluding carboxylic acids is 1. The lowest BCUT2D eigenvalue weighted by Gasteiger charge is -2.21. The highest BCUT2D eigenvalue weighted by Gasteiger charge is 2.18. The highest BCUT2D eigenvalue weighted by Crippen LogP contribution is 2.22. The molecule has 0 spiro atoms. The van der Waals surface area contributed by atoms with Gasteiger partial charge in [-0.15, -0.1) is 0 Å². The molecule has 0 heterocycles. The number of ether oxygens (including phenoxy) is 3. The molecule has 0 unspecified atom stereocenters. The van der Waals surface area contributed by atoms with Gasteiger partial charge in [-0.2, -0.15) is 0 Å². The lowest BCUT2D eigenvalue weighted by Crippen LogP contribution is -2.20. The molecule has 0 aromatic heterocycles. The van der Waals surface area contributed by atoms with Gasteiger partial charge < -0.3 is 14.2 Å². The number of esters is 1. The van der Waals surface area contributed by atoms with Crippen molar-refractivity contribution in [3.05, 3.63) is 95.6 Å². The summed E-state index contributed by atoms with van der Waals surface area (Å²) in [4.78, 5) is 12.3. The van der Waals surface area contributed by atoms with Crippen molar-refractivity contribution >= 4 is 5.97 Å². The maximum atomic E-state index is 12.3. The second kappa shape index (κ2) is 11.4. The van der Waals surface area contributed by atoms with Crippen LogP contribution in [-0.2, 0) is 17.6 Å². The van der Waals surface area contributed by atoms with E-state index in [1.165, 1.54) is 17.5 Å². The number of para-hydroxylation sites is 1. The van der Waals surface area contributed by atoms with Crippen molar-refractivity contribution in [3.63, 3.8) is 0 Å². The van der Waals surface area contributed by atoms with Crippen LogP contribution >= 0.6 is 0 Å². The highest BCUT2D eigenvalue weighted by atomic mass is 16.7. The van der Waals surface area contributed by atoms with E-state index in [1.54, 1.807) is 0 Å². The molecule has 166 valence electrons. The second-order valence-corrected chi connectivity index (χ2v) is 8.23. The van der Waals surface area contributed by atoms with Gasteiger partial charge in [-0.05, 0) is 86.1 Å². The monoisotopic (exact) mass is 430 g/mol. The van der Waals surface area contributed by atoms with E-state index in [1.807, 2.05) is 66.7 Å². The smallest absolute Gasteiger partial charge is 0.338 e. The fraction of sp³-hybridized carbons (Fsp3) is 0.321. The normalized spacial score (nSPS) is 14.0. The van der Waals surface area contributed by atoms with Crippen LogP contribution in [0.2, 0.25) is 0 Å². The zero-order valence-electron chi connectivity index (χ0n) is 18.4. The van der Waals surface area contributed by atoms with Crippen LogP contribution in [0.4, 0.5) is 0 Å². The lowest BCUT2D eigenvalue weighted by atomic mass is 9.98. The summed E-state index contributed by atoms with van der Waals surface area (Å²) in [6.07, 6.45) is 7.48. The Hall–Kier alpha value is -3.27. The number of rotatable bonds is 9. The summed E-state index contributed by atoms with van der Waals surface area (Å²) in [7, 11) is 0. The lowest BCUT2D eigenvalue weighted by molar-refractivity contribution is 0.0211. The molecule has 1 fully saturated rings. The van der Waals surface area contributed by atoms with Crippen LogP contribution in [0, 0.1) is 0 Å². The topological polar surface area (TPSA) is 44.8 Å². The maximum absolute atomic E-state index is 12.3. The van der Waals surface area contributed by atoms with E-state index in [0.29, 0.717) is 5.56 Å². The molecular formula is C28H30O4. The molecule has 1 aliphatic carbocycles. The van der Waals surface area contributed by atoms with Crippen LogP contribution in [0.1, 0.15) is 53.6 Å². The van der Waals surface area contributed by atoms with Crippen molar-refractivity contribution in [1.82, 2.24) is 0 Å². The van der Waals surface area contributed by atoms with E-state index in [2.05, 4.69) is 12.1 Å². The number of hydrogen-bond acceptors (Lipinski definition) is 4. The van der Waals surface area contributed by atoms with E-state index < -0.39 is 0 Å². The molecular weight excluding hydrogens is 400 g/mol. The van der Waals surface area contributed by atoms with Crippen LogP contribution in [-0.4, -0.2) is 18.9 Å². The fourth-order valence-corrected chi connectivity index (χ4v) is 3.93. The first-order chi connectivity index (χ1) is 15.8. The van der Waals surface area contributed by atoms with Crippen LogP contribution < -0.4 is 9.47 Å². The van der Waals surface area contributed by atoms with Crippen molar-refractivity contribution in [3.8, 4) is 11.5 Å². The Bertz CT molecular complexity index is 959. The summed E-state index contributed by atoms with van der Waals surface area (Å²) in [6.45, 7) is 0.179. The molecule has 0 saturated heterocycles. The molecule has 0 bridgehead atoms. The van der Waals surface area contributed by atoms with E-state index >= 15 is 0 Å². The van der Waals surface area contributed by atoms with Crippen molar-refractivity contribution in [2.24, 2.45) is 0 Å². The largest absolute Gasteiger partial charge is 0.459 e. The fourth-order valence-electron chi connectivity index (χ4n) is 3.93. The van der Waals surface area contributed by atoms with E-state index in [4.69, 9.17) is 14.2 Å². The van der Waals surface area contributed by atoms with Crippen LogP contribution in [0.25, 0.3) is 0 Å². The number of benzene rings is 3. The third kappa shape index (κ3) is 6.61. The van der Waals surface area contributed by atoms with Gasteiger partial charge in [0, 0.05) is 0 Å². The molecule has 4 nitrogen and oxygen atoms in total. The minimum atomic E-state index is -0.199. The average molecular weight is 431 g/mol. The number of hydrogen-bond donors (Lipinski definition) is 0. The van der Waals surface area contributed by atoms with Crippen LogP contribution in [0.5, 0.6) is 11.5 Å². The van der Waals surface area contributed by atoms with Gasteiger partial charge >= 0.3 is 5.97 Å². The van der Waals surface area contributed by atoms with Crippen molar-refractivity contribution in [2.45, 2.75) is 51.0 Å². The van der Waals surface area contributed by atoms with Gasteiger partial charge in [0.25, 0.3) is 0 Å². The molecule has 0 N–H and O–H groups in total. The average Bonchev–Trinajstić information content (AvgIpc) is 2.85. The van der Waals surface area contributed by atoms with Gasteiger partial charge in [-0.3, -0.25) is 0 Å². The molecule has 3 aromatic rings. The standard InChI is InChI=1S/C28H30O4/c29-28(32-27-9-5-2-6-10-27)24-17-13-22(14-18-24)11-12-23-15-19-26(20-16-23)31-21-30-25-7-3-1-4-8-25/h1,3-4,7-8,13-20,27H,2,5-6,9-12,21H2. The minimum Gasteiger partial charge on any atom is -0.459 e. The van der Waals surface area contributed by atoms with Crippen molar-refractivity contribution < 1.29 is 19.0 Å². The Morgan fingerprint density at radius 1 is 0.688 bits per heavy atom. The van der Waals surface area contributed by atoms with E-state index in [9.17, 15) is 4.79 Å². The van der Waals surface area contributed by atoms with Gasteiger partial charge in [-0.25, -0.2) is 4.79 Å². The zero-order chi connectivity index (χ0) is 22.0. The van der Waals surface area contributed by atoms with Gasteiger partial charge in [-0.1, -0.05) is 48.9 Å². The Labute approximate surface area is 190 Å². The molecule has 1 aliphatic rings. The number of carbonyl (C=O) groups is 1. The van der Waals surface area contributed by atoms with Crippen molar-refractivity contribution in [1.29, 1.82) is 0 Å². The highest BCUT2D eigenvalue weighted by molar-refractivity contribution is 5.89. The SMILES string of the molecule is O=C(OC1CCCCC1)c1ccc(CCc2ccc(OCOc3ccccc3)cc2)cc1. The van der Waals surface area contributed by atoms with Gasteiger partial charge in [0.2, 0.25) is 6.79 Å². The molecule has 0 atom stereocenters. The van der Waals surface area contributed by atoms with Gasteiger partial charge in [0.15, 0.2) is 0 Å². The maximum Gasteiger partial charge on any atom is 0.338 e. The molecule has 3 aromatic carbocycles. The first-order valence-corrected chi connectivity index (χ1v) is 11.5. The third-order valence-corrected chi connectivity index (χ3v) is 5.84. The molecule has 4 heteroatoms. The Kier molecular flexibility index (Phi) is 7.80. The second-order valence-electron chi connectivity index (χ2n) is 8.23. The molecule has 0 aliphatic heterocycles. The van der Waals surface area contributed by atoms with E-state index in [-0.39, 0.29) is 18.9 Å². The molecule has 4 rings (SSSR count). The Morgan fingerprint density at radius 3 is 1.88 bits per heavy atom. The third-order valence-electron chi connectivity index (χ3n) is 5.84. The predicted octanol–water partition coefficient (Wildman–Crippen LogP) is 6.38. The van der Waals surface area contributed by atoms with E-state index in [0.717, 1.165) is 50.0 Å². The molecule has 1 saturated carbocycles. The molecule has 0 radical (unpaired) electrons. The summed E-state index contributed by atoms with van der Waals surface area (Å²) in [5.41, 5.74) is 3.08. The van der Waals surface area contributed by atoms with Gasteiger partial charge in [0.05, 0.1) is 5.56 Å². The summed E-state index contributed by atoms with van der Waals surface area (Å²) in [5.74, 6) is 1.37. The zero-order valence-corrected chi connectivity index (χ0v) is 18.4. The van der Waals surface area contributed by atoms with Gasteiger partial charge in [0.1, 0.15) is 17.6 Å². The van der Waals surface area contributed by atoms with Crippen molar-refractivity contribution in [2.75, 3.05) is 6.79 Å². The predicted molar refractivity (Wildman–Crippen MR) is 125 cm³/mol.